The third kappa shape index (κ3) is 4.12. The Labute approximate surface area is 174 Å². The highest BCUT2D eigenvalue weighted by Gasteiger charge is 2.27. The summed E-state index contributed by atoms with van der Waals surface area (Å²) in [7, 11) is -3.88. The van der Waals surface area contributed by atoms with Gasteiger partial charge in [0.1, 0.15) is 22.9 Å². The summed E-state index contributed by atoms with van der Waals surface area (Å²) in [5.74, 6) is -3.21. The molecule has 30 heavy (non-hydrogen) atoms. The lowest BCUT2D eigenvalue weighted by Crippen LogP contribution is -2.50. The zero-order chi connectivity index (χ0) is 21.5. The van der Waals surface area contributed by atoms with Crippen LogP contribution in [-0.2, 0) is 14.6 Å². The molecule has 1 aliphatic heterocycles. The van der Waals surface area contributed by atoms with Crippen LogP contribution in [0.5, 0.6) is 0 Å². The first-order valence-electron chi connectivity index (χ1n) is 8.99. The van der Waals surface area contributed by atoms with Crippen molar-refractivity contribution >= 4 is 42.4 Å². The molecule has 3 aromatic rings. The number of fused-ring (bicyclic) bond motifs is 1. The zero-order valence-electron chi connectivity index (χ0n) is 15.5. The topological polar surface area (TPSA) is 70.6 Å². The van der Waals surface area contributed by atoms with Gasteiger partial charge in [0.25, 0.3) is 0 Å². The third-order valence-electron chi connectivity index (χ3n) is 4.79. The van der Waals surface area contributed by atoms with Crippen molar-refractivity contribution in [3.05, 3.63) is 53.8 Å². The molecule has 6 nitrogen and oxygen atoms in total. The third-order valence-corrected chi connectivity index (χ3v) is 7.47. The molecule has 158 valence electrons. The van der Waals surface area contributed by atoms with Gasteiger partial charge in [-0.05, 0) is 30.3 Å². The van der Waals surface area contributed by atoms with Gasteiger partial charge in [-0.2, -0.15) is 0 Å². The van der Waals surface area contributed by atoms with E-state index in [0.29, 0.717) is 22.9 Å². The summed E-state index contributed by atoms with van der Waals surface area (Å²) < 4.78 is 65.4. The second-order valence-corrected chi connectivity index (χ2v) is 9.81. The van der Waals surface area contributed by atoms with Crippen LogP contribution in [-0.4, -0.2) is 56.1 Å². The summed E-state index contributed by atoms with van der Waals surface area (Å²) >= 11 is 1.16. The number of aromatic nitrogens is 1. The maximum Gasteiger partial charge on any atom is 0.238 e. The van der Waals surface area contributed by atoms with E-state index in [0.717, 1.165) is 41.7 Å². The van der Waals surface area contributed by atoms with Gasteiger partial charge in [0.15, 0.2) is 20.8 Å². The summed E-state index contributed by atoms with van der Waals surface area (Å²) in [5.41, 5.74) is 0.0975. The lowest BCUT2D eigenvalue weighted by Gasteiger charge is -2.34. The molecular formula is C19H16F3N3O3S2. The van der Waals surface area contributed by atoms with E-state index in [-0.39, 0.29) is 23.5 Å². The van der Waals surface area contributed by atoms with E-state index in [1.54, 1.807) is 0 Å². The maximum absolute atomic E-state index is 13.9. The van der Waals surface area contributed by atoms with Crippen LogP contribution in [0.25, 0.3) is 10.2 Å². The normalized spacial score (nSPS) is 15.0. The molecule has 0 N–H and O–H groups in total. The van der Waals surface area contributed by atoms with E-state index >= 15 is 0 Å². The lowest BCUT2D eigenvalue weighted by molar-refractivity contribution is -0.128. The monoisotopic (exact) mass is 455 g/mol. The fourth-order valence-corrected chi connectivity index (χ4v) is 5.49. The van der Waals surface area contributed by atoms with Gasteiger partial charge in [-0.1, -0.05) is 11.3 Å². The fraction of sp³-hybridized carbons (Fsp3) is 0.263. The van der Waals surface area contributed by atoms with Crippen molar-refractivity contribution in [2.45, 2.75) is 4.90 Å². The number of piperazine rings is 1. The Hall–Kier alpha value is -2.66. The number of hydrogen-bond donors (Lipinski definition) is 0. The molecule has 1 saturated heterocycles. The van der Waals surface area contributed by atoms with Crippen LogP contribution >= 0.6 is 11.3 Å². The number of halogens is 3. The van der Waals surface area contributed by atoms with Crippen LogP contribution in [0.15, 0.2) is 41.3 Å². The SMILES string of the molecule is O=C(CS(=O)(=O)c1ccc(F)cc1)N1CCN(c2nc3c(F)cc(F)cc3s2)CC1. The average Bonchev–Trinajstić information content (AvgIpc) is 3.12. The van der Waals surface area contributed by atoms with Crippen LogP contribution in [0.4, 0.5) is 18.3 Å². The Bertz CT molecular complexity index is 1200. The van der Waals surface area contributed by atoms with Gasteiger partial charge in [-0.3, -0.25) is 4.79 Å². The van der Waals surface area contributed by atoms with Crippen LogP contribution in [0.3, 0.4) is 0 Å². The molecule has 1 aliphatic rings. The molecule has 0 aliphatic carbocycles. The molecule has 0 unspecified atom stereocenters. The second kappa shape index (κ2) is 7.88. The van der Waals surface area contributed by atoms with Crippen molar-refractivity contribution in [1.82, 2.24) is 9.88 Å². The number of thiazole rings is 1. The summed E-state index contributed by atoms with van der Waals surface area (Å²) in [6.07, 6.45) is 0. The minimum atomic E-state index is -3.88. The first kappa shape index (κ1) is 20.6. The molecule has 4 rings (SSSR count). The van der Waals surface area contributed by atoms with Crippen LogP contribution in [0, 0.1) is 17.5 Å². The van der Waals surface area contributed by atoms with Crippen molar-refractivity contribution < 1.29 is 26.4 Å². The lowest BCUT2D eigenvalue weighted by atomic mass is 10.3. The average molecular weight is 455 g/mol. The number of hydrogen-bond acceptors (Lipinski definition) is 6. The minimum Gasteiger partial charge on any atom is -0.345 e. The van der Waals surface area contributed by atoms with E-state index in [2.05, 4.69) is 4.98 Å². The quantitative estimate of drug-likeness (QED) is 0.566. The first-order chi connectivity index (χ1) is 14.2. The molecule has 2 heterocycles. The number of sulfone groups is 1. The number of carbonyl (C=O) groups is 1. The largest absolute Gasteiger partial charge is 0.345 e. The van der Waals surface area contributed by atoms with Crippen molar-refractivity contribution in [2.24, 2.45) is 0 Å². The molecule has 0 spiro atoms. The highest BCUT2D eigenvalue weighted by molar-refractivity contribution is 7.92. The van der Waals surface area contributed by atoms with E-state index in [9.17, 15) is 26.4 Å². The standard InChI is InChI=1S/C19H16F3N3O3S2/c20-12-1-3-14(4-2-12)30(27,28)11-17(26)24-5-7-25(8-6-24)19-23-18-15(22)9-13(21)10-16(18)29-19/h1-4,9-10H,5-8,11H2. The van der Waals surface area contributed by atoms with Gasteiger partial charge in [0.2, 0.25) is 5.91 Å². The first-order valence-corrected chi connectivity index (χ1v) is 11.5. The molecule has 1 aromatic heterocycles. The molecular weight excluding hydrogens is 439 g/mol. The Morgan fingerprint density at radius 2 is 1.67 bits per heavy atom. The number of anilines is 1. The smallest absolute Gasteiger partial charge is 0.238 e. The van der Waals surface area contributed by atoms with Gasteiger partial charge >= 0.3 is 0 Å². The molecule has 0 atom stereocenters. The number of amides is 1. The molecule has 1 amide bonds. The Kier molecular flexibility index (Phi) is 5.41. The van der Waals surface area contributed by atoms with Crippen molar-refractivity contribution in [3.8, 4) is 0 Å². The fourth-order valence-electron chi connectivity index (χ4n) is 3.21. The van der Waals surface area contributed by atoms with Gasteiger partial charge < -0.3 is 9.80 Å². The Balaban J connectivity index is 1.41. The van der Waals surface area contributed by atoms with Gasteiger partial charge in [0.05, 0.1) is 9.60 Å². The maximum atomic E-state index is 13.9. The van der Waals surface area contributed by atoms with Gasteiger partial charge in [0, 0.05) is 32.2 Å². The number of carbonyl (C=O) groups excluding carboxylic acids is 1. The predicted octanol–water partition coefficient (Wildman–Crippen LogP) is 2.84. The van der Waals surface area contributed by atoms with Crippen molar-refractivity contribution in [2.75, 3.05) is 36.8 Å². The summed E-state index contributed by atoms with van der Waals surface area (Å²) in [6, 6.07) is 6.32. The van der Waals surface area contributed by atoms with E-state index in [4.69, 9.17) is 0 Å². The number of nitrogens with zero attached hydrogens (tertiary/aromatic N) is 3. The molecule has 0 saturated carbocycles. The van der Waals surface area contributed by atoms with Crippen molar-refractivity contribution in [1.29, 1.82) is 0 Å². The Morgan fingerprint density at radius 1 is 1.00 bits per heavy atom. The van der Waals surface area contributed by atoms with Crippen LogP contribution < -0.4 is 4.90 Å². The van der Waals surface area contributed by atoms with E-state index < -0.39 is 38.9 Å². The zero-order valence-corrected chi connectivity index (χ0v) is 17.1. The molecule has 2 aromatic carbocycles. The highest BCUT2D eigenvalue weighted by Crippen LogP contribution is 2.31. The predicted molar refractivity (Wildman–Crippen MR) is 107 cm³/mol. The summed E-state index contributed by atoms with van der Waals surface area (Å²) in [5, 5.41) is 0.514. The summed E-state index contributed by atoms with van der Waals surface area (Å²) in [6.45, 7) is 1.30. The number of benzene rings is 2. The second-order valence-electron chi connectivity index (χ2n) is 6.81. The van der Waals surface area contributed by atoms with Crippen molar-refractivity contribution in [3.63, 3.8) is 0 Å². The van der Waals surface area contributed by atoms with E-state index in [1.165, 1.54) is 11.0 Å². The Morgan fingerprint density at radius 3 is 2.33 bits per heavy atom. The van der Waals surface area contributed by atoms with E-state index in [1.807, 2.05) is 4.90 Å². The molecule has 11 heteroatoms. The van der Waals surface area contributed by atoms with Gasteiger partial charge in [-0.15, -0.1) is 0 Å². The molecule has 0 bridgehead atoms. The summed E-state index contributed by atoms with van der Waals surface area (Å²) in [4.78, 5) is 19.9. The molecule has 1 fully saturated rings. The number of rotatable bonds is 4. The van der Waals surface area contributed by atoms with Crippen LogP contribution in [0.1, 0.15) is 0 Å². The van der Waals surface area contributed by atoms with Gasteiger partial charge in [-0.25, -0.2) is 26.6 Å². The molecule has 0 radical (unpaired) electrons. The van der Waals surface area contributed by atoms with Crippen LogP contribution in [0.2, 0.25) is 0 Å². The highest BCUT2D eigenvalue weighted by atomic mass is 32.2. The minimum absolute atomic E-state index is 0.0975.